The van der Waals surface area contributed by atoms with Crippen molar-refractivity contribution in [3.05, 3.63) is 67.6 Å². The quantitative estimate of drug-likeness (QED) is 0.516. The van der Waals surface area contributed by atoms with E-state index in [0.29, 0.717) is 5.02 Å². The zero-order valence-corrected chi connectivity index (χ0v) is 14.0. The maximum atomic E-state index is 6.43. The van der Waals surface area contributed by atoms with Crippen molar-refractivity contribution in [3.63, 3.8) is 0 Å². The van der Waals surface area contributed by atoms with Gasteiger partial charge in [-0.1, -0.05) is 45.7 Å². The molecule has 0 aliphatic carbocycles. The molecule has 4 heteroatoms. The Morgan fingerprint density at radius 1 is 1.06 bits per heavy atom. The predicted octanol–water partition coefficient (Wildman–Crippen LogP) is 6.39. The minimum atomic E-state index is -0.0788. The number of alkyl halides is 1. The van der Waals surface area contributed by atoms with Gasteiger partial charge in [-0.25, -0.2) is 0 Å². The summed E-state index contributed by atoms with van der Waals surface area (Å²) >= 11 is 19.3. The SMILES string of the molecule is Clc1cc(C(Cl)Cc2cccc(Br)c2)ccc1Br. The summed E-state index contributed by atoms with van der Waals surface area (Å²) in [6.07, 6.45) is 0.777. The van der Waals surface area contributed by atoms with Gasteiger partial charge in [-0.2, -0.15) is 0 Å². The standard InChI is InChI=1S/C14H10Br2Cl2/c15-11-3-1-2-9(6-11)7-13(17)10-4-5-12(16)14(18)8-10/h1-6,8,13H,7H2. The van der Waals surface area contributed by atoms with Gasteiger partial charge in [-0.15, -0.1) is 11.6 Å². The zero-order valence-electron chi connectivity index (χ0n) is 9.34. The number of hydrogen-bond acceptors (Lipinski definition) is 0. The van der Waals surface area contributed by atoms with Gasteiger partial charge < -0.3 is 0 Å². The molecule has 0 saturated carbocycles. The van der Waals surface area contributed by atoms with E-state index in [4.69, 9.17) is 23.2 Å². The highest BCUT2D eigenvalue weighted by Gasteiger charge is 2.10. The first-order valence-corrected chi connectivity index (χ1v) is 7.80. The summed E-state index contributed by atoms with van der Waals surface area (Å²) in [5.74, 6) is 0. The third-order valence-electron chi connectivity index (χ3n) is 2.61. The van der Waals surface area contributed by atoms with E-state index >= 15 is 0 Å². The van der Waals surface area contributed by atoms with Gasteiger partial charge in [0.15, 0.2) is 0 Å². The van der Waals surface area contributed by atoms with Crippen LogP contribution in [0.15, 0.2) is 51.4 Å². The molecule has 0 bridgehead atoms. The lowest BCUT2D eigenvalue weighted by Gasteiger charge is -2.11. The highest BCUT2D eigenvalue weighted by atomic mass is 79.9. The van der Waals surface area contributed by atoms with Gasteiger partial charge in [-0.05, 0) is 57.7 Å². The fourth-order valence-electron chi connectivity index (χ4n) is 1.70. The monoisotopic (exact) mass is 406 g/mol. The molecule has 0 amide bonds. The third kappa shape index (κ3) is 3.74. The highest BCUT2D eigenvalue weighted by Crippen LogP contribution is 2.31. The third-order valence-corrected chi connectivity index (χ3v) is 4.74. The van der Waals surface area contributed by atoms with Crippen molar-refractivity contribution in [1.29, 1.82) is 0 Å². The second-order valence-corrected chi connectivity index (χ2v) is 6.68. The maximum Gasteiger partial charge on any atom is 0.0626 e. The smallest absolute Gasteiger partial charge is 0.0626 e. The van der Waals surface area contributed by atoms with Crippen molar-refractivity contribution in [3.8, 4) is 0 Å². The van der Waals surface area contributed by atoms with Crippen LogP contribution in [0.2, 0.25) is 5.02 Å². The largest absolute Gasteiger partial charge is 0.117 e. The van der Waals surface area contributed by atoms with Gasteiger partial charge in [0.25, 0.3) is 0 Å². The molecule has 2 aromatic rings. The molecule has 0 aromatic heterocycles. The average molecular weight is 409 g/mol. The van der Waals surface area contributed by atoms with E-state index in [0.717, 1.165) is 20.9 Å². The molecule has 0 spiro atoms. The Morgan fingerprint density at radius 2 is 1.83 bits per heavy atom. The Morgan fingerprint density at radius 3 is 2.50 bits per heavy atom. The Labute approximate surface area is 134 Å². The molecular weight excluding hydrogens is 399 g/mol. The van der Waals surface area contributed by atoms with E-state index in [-0.39, 0.29) is 5.38 Å². The molecule has 0 N–H and O–H groups in total. The van der Waals surface area contributed by atoms with Crippen molar-refractivity contribution in [2.24, 2.45) is 0 Å². The van der Waals surface area contributed by atoms with Gasteiger partial charge in [0.1, 0.15) is 0 Å². The zero-order chi connectivity index (χ0) is 13.1. The number of halogens is 4. The molecule has 0 aliphatic heterocycles. The van der Waals surface area contributed by atoms with Crippen LogP contribution in [0.1, 0.15) is 16.5 Å². The van der Waals surface area contributed by atoms with Crippen molar-refractivity contribution < 1.29 is 0 Å². The fraction of sp³-hybridized carbons (Fsp3) is 0.143. The first-order valence-electron chi connectivity index (χ1n) is 5.40. The topological polar surface area (TPSA) is 0 Å². The van der Waals surface area contributed by atoms with E-state index in [1.807, 2.05) is 30.3 Å². The van der Waals surface area contributed by atoms with Crippen LogP contribution in [-0.4, -0.2) is 0 Å². The molecule has 0 saturated heterocycles. The molecule has 0 radical (unpaired) electrons. The Hall–Kier alpha value is -0.0200. The molecule has 18 heavy (non-hydrogen) atoms. The molecule has 0 aliphatic rings. The van der Waals surface area contributed by atoms with E-state index in [1.165, 1.54) is 5.56 Å². The lowest BCUT2D eigenvalue weighted by atomic mass is 10.0. The molecule has 94 valence electrons. The van der Waals surface area contributed by atoms with Crippen LogP contribution >= 0.6 is 55.1 Å². The van der Waals surface area contributed by atoms with Gasteiger partial charge in [0, 0.05) is 8.95 Å². The Bertz CT molecular complexity index is 555. The first kappa shape index (κ1) is 14.4. The van der Waals surface area contributed by atoms with Gasteiger partial charge in [-0.3, -0.25) is 0 Å². The second kappa shape index (κ2) is 6.42. The van der Waals surface area contributed by atoms with E-state index in [9.17, 15) is 0 Å². The Kier molecular flexibility index (Phi) is 5.14. The van der Waals surface area contributed by atoms with Crippen LogP contribution in [0.3, 0.4) is 0 Å². The lowest BCUT2D eigenvalue weighted by molar-refractivity contribution is 0.919. The second-order valence-electron chi connectivity index (χ2n) is 3.98. The molecule has 0 fully saturated rings. The summed E-state index contributed by atoms with van der Waals surface area (Å²) in [5.41, 5.74) is 2.23. The van der Waals surface area contributed by atoms with Crippen molar-refractivity contribution in [2.45, 2.75) is 11.8 Å². The van der Waals surface area contributed by atoms with Crippen molar-refractivity contribution >= 4 is 55.1 Å². The molecular formula is C14H10Br2Cl2. The summed E-state index contributed by atoms with van der Waals surface area (Å²) in [6.45, 7) is 0. The highest BCUT2D eigenvalue weighted by molar-refractivity contribution is 9.10. The van der Waals surface area contributed by atoms with Crippen LogP contribution in [0.25, 0.3) is 0 Å². The van der Waals surface area contributed by atoms with Crippen LogP contribution in [0, 0.1) is 0 Å². The predicted molar refractivity (Wildman–Crippen MR) is 85.6 cm³/mol. The number of hydrogen-bond donors (Lipinski definition) is 0. The first-order chi connectivity index (χ1) is 8.56. The number of benzene rings is 2. The van der Waals surface area contributed by atoms with E-state index < -0.39 is 0 Å². The summed E-state index contributed by atoms with van der Waals surface area (Å²) in [5, 5.41) is 0.609. The molecule has 1 atom stereocenters. The lowest BCUT2D eigenvalue weighted by Crippen LogP contribution is -1.96. The van der Waals surface area contributed by atoms with E-state index in [2.05, 4.69) is 44.0 Å². The summed E-state index contributed by atoms with van der Waals surface area (Å²) in [4.78, 5) is 0. The summed E-state index contributed by atoms with van der Waals surface area (Å²) < 4.78 is 1.96. The molecule has 2 rings (SSSR count). The maximum absolute atomic E-state index is 6.43. The van der Waals surface area contributed by atoms with Crippen LogP contribution in [0.5, 0.6) is 0 Å². The fourth-order valence-corrected chi connectivity index (χ4v) is 2.89. The Balaban J connectivity index is 2.16. The summed E-state index contributed by atoms with van der Waals surface area (Å²) in [7, 11) is 0. The molecule has 1 unspecified atom stereocenters. The molecule has 0 heterocycles. The van der Waals surface area contributed by atoms with E-state index in [1.54, 1.807) is 0 Å². The van der Waals surface area contributed by atoms with Crippen molar-refractivity contribution in [2.75, 3.05) is 0 Å². The molecule has 0 nitrogen and oxygen atoms in total. The minimum Gasteiger partial charge on any atom is -0.117 e. The average Bonchev–Trinajstić information content (AvgIpc) is 2.32. The normalized spacial score (nSPS) is 12.4. The number of rotatable bonds is 3. The van der Waals surface area contributed by atoms with Gasteiger partial charge >= 0.3 is 0 Å². The summed E-state index contributed by atoms with van der Waals surface area (Å²) in [6, 6.07) is 14.0. The van der Waals surface area contributed by atoms with Crippen LogP contribution in [0.4, 0.5) is 0 Å². The van der Waals surface area contributed by atoms with Gasteiger partial charge in [0.2, 0.25) is 0 Å². The van der Waals surface area contributed by atoms with Gasteiger partial charge in [0.05, 0.1) is 10.4 Å². The molecule has 2 aromatic carbocycles. The minimum absolute atomic E-state index is 0.0788. The van der Waals surface area contributed by atoms with Crippen molar-refractivity contribution in [1.82, 2.24) is 0 Å². The van der Waals surface area contributed by atoms with Crippen LogP contribution < -0.4 is 0 Å². The van der Waals surface area contributed by atoms with Crippen LogP contribution in [-0.2, 0) is 6.42 Å².